The Hall–Kier alpha value is -2.46. The summed E-state index contributed by atoms with van der Waals surface area (Å²) < 4.78 is 3.23. The molecule has 0 saturated carbocycles. The van der Waals surface area contributed by atoms with Gasteiger partial charge in [0, 0.05) is 18.0 Å². The Morgan fingerprint density at radius 3 is 2.55 bits per heavy atom. The van der Waals surface area contributed by atoms with Crippen molar-refractivity contribution in [2.45, 2.75) is 0 Å². The number of benzene rings is 2. The summed E-state index contributed by atoms with van der Waals surface area (Å²) in [4.78, 5) is 9.15. The Morgan fingerprint density at radius 1 is 0.900 bits per heavy atom. The van der Waals surface area contributed by atoms with Gasteiger partial charge in [0.15, 0.2) is 5.13 Å². The first-order chi connectivity index (χ1) is 9.92. The molecule has 0 saturated heterocycles. The lowest BCUT2D eigenvalue weighted by molar-refractivity contribution is 1.05. The van der Waals surface area contributed by atoms with E-state index in [-0.39, 0.29) is 0 Å². The summed E-state index contributed by atoms with van der Waals surface area (Å²) in [6.07, 6.45) is 3.77. The van der Waals surface area contributed by atoms with Crippen LogP contribution in [-0.4, -0.2) is 14.5 Å². The number of hydrogen-bond donors (Lipinski definition) is 0. The SMILES string of the molecule is c1ccc(-c2nccn2-c2nc3ccccc3s2)cc1. The van der Waals surface area contributed by atoms with Crippen LogP contribution in [0.2, 0.25) is 0 Å². The minimum Gasteiger partial charge on any atom is -0.275 e. The molecule has 0 radical (unpaired) electrons. The lowest BCUT2D eigenvalue weighted by Crippen LogP contribution is -1.95. The lowest BCUT2D eigenvalue weighted by atomic mass is 10.2. The maximum atomic E-state index is 4.68. The summed E-state index contributed by atoms with van der Waals surface area (Å²) in [6.45, 7) is 0. The third kappa shape index (κ3) is 1.82. The number of hydrogen-bond acceptors (Lipinski definition) is 3. The number of para-hydroxylation sites is 1. The second kappa shape index (κ2) is 4.58. The average Bonchev–Trinajstić information content (AvgIpc) is 3.14. The number of nitrogens with zero attached hydrogens (tertiary/aromatic N) is 3. The molecule has 0 amide bonds. The van der Waals surface area contributed by atoms with Gasteiger partial charge in [0.1, 0.15) is 5.82 Å². The minimum absolute atomic E-state index is 0.921. The zero-order valence-corrected chi connectivity index (χ0v) is 11.4. The van der Waals surface area contributed by atoms with Crippen molar-refractivity contribution in [3.05, 3.63) is 67.0 Å². The zero-order chi connectivity index (χ0) is 13.4. The van der Waals surface area contributed by atoms with Gasteiger partial charge in [-0.2, -0.15) is 0 Å². The predicted octanol–water partition coefficient (Wildman–Crippen LogP) is 4.15. The number of rotatable bonds is 2. The first kappa shape index (κ1) is 11.4. The molecule has 3 nitrogen and oxygen atoms in total. The molecule has 0 aliphatic rings. The number of imidazole rings is 1. The largest absolute Gasteiger partial charge is 0.275 e. The van der Waals surface area contributed by atoms with Crippen molar-refractivity contribution < 1.29 is 0 Å². The van der Waals surface area contributed by atoms with Gasteiger partial charge in [0.05, 0.1) is 10.2 Å². The Morgan fingerprint density at radius 2 is 1.70 bits per heavy atom. The third-order valence-corrected chi connectivity index (χ3v) is 4.20. The van der Waals surface area contributed by atoms with Gasteiger partial charge in [-0.3, -0.25) is 4.57 Å². The minimum atomic E-state index is 0.921. The molecule has 0 N–H and O–H groups in total. The van der Waals surface area contributed by atoms with Gasteiger partial charge < -0.3 is 0 Å². The van der Waals surface area contributed by atoms with E-state index in [2.05, 4.69) is 28.2 Å². The van der Waals surface area contributed by atoms with Crippen molar-refractivity contribution in [2.24, 2.45) is 0 Å². The van der Waals surface area contributed by atoms with E-state index in [9.17, 15) is 0 Å². The highest BCUT2D eigenvalue weighted by molar-refractivity contribution is 7.20. The van der Waals surface area contributed by atoms with Crippen molar-refractivity contribution in [1.29, 1.82) is 0 Å². The van der Waals surface area contributed by atoms with Crippen LogP contribution in [0.5, 0.6) is 0 Å². The fraction of sp³-hybridized carbons (Fsp3) is 0. The lowest BCUT2D eigenvalue weighted by Gasteiger charge is -2.03. The van der Waals surface area contributed by atoms with Crippen LogP contribution in [0.1, 0.15) is 0 Å². The number of thiazole rings is 1. The Balaban J connectivity index is 1.89. The van der Waals surface area contributed by atoms with E-state index in [4.69, 9.17) is 0 Å². The Bertz CT molecular complexity index is 828. The van der Waals surface area contributed by atoms with Crippen molar-refractivity contribution in [3.63, 3.8) is 0 Å². The highest BCUT2D eigenvalue weighted by atomic mass is 32.1. The summed E-state index contributed by atoms with van der Waals surface area (Å²) >= 11 is 1.68. The maximum Gasteiger partial charge on any atom is 0.196 e. The van der Waals surface area contributed by atoms with Crippen LogP contribution < -0.4 is 0 Å². The van der Waals surface area contributed by atoms with E-state index in [0.29, 0.717) is 0 Å². The molecule has 2 aromatic heterocycles. The molecule has 20 heavy (non-hydrogen) atoms. The summed E-state index contributed by atoms with van der Waals surface area (Å²) in [5, 5.41) is 0.947. The Kier molecular flexibility index (Phi) is 2.60. The van der Waals surface area contributed by atoms with Crippen molar-refractivity contribution in [2.75, 3.05) is 0 Å². The van der Waals surface area contributed by atoms with Gasteiger partial charge in [-0.1, -0.05) is 53.8 Å². The van der Waals surface area contributed by atoms with Crippen LogP contribution in [0.3, 0.4) is 0 Å². The standard InChI is InChI=1S/C16H11N3S/c1-2-6-12(7-3-1)15-17-10-11-19(15)16-18-13-8-4-5-9-14(13)20-16/h1-11H. The molecule has 0 spiro atoms. The van der Waals surface area contributed by atoms with E-state index >= 15 is 0 Å². The second-order valence-electron chi connectivity index (χ2n) is 4.45. The van der Waals surface area contributed by atoms with Crippen molar-refractivity contribution in [3.8, 4) is 16.5 Å². The van der Waals surface area contributed by atoms with Gasteiger partial charge >= 0.3 is 0 Å². The molecule has 4 aromatic rings. The maximum absolute atomic E-state index is 4.68. The summed E-state index contributed by atoms with van der Waals surface area (Å²) in [5.74, 6) is 0.921. The van der Waals surface area contributed by atoms with Crippen LogP contribution in [0.4, 0.5) is 0 Å². The fourth-order valence-corrected chi connectivity index (χ4v) is 3.17. The Labute approximate surface area is 120 Å². The first-order valence-electron chi connectivity index (χ1n) is 6.36. The van der Waals surface area contributed by atoms with E-state index in [1.165, 1.54) is 4.70 Å². The van der Waals surface area contributed by atoms with E-state index in [1.807, 2.05) is 53.4 Å². The summed E-state index contributed by atoms with van der Waals surface area (Å²) in [5.41, 5.74) is 2.12. The molecule has 2 aromatic carbocycles. The molecule has 0 atom stereocenters. The molecule has 0 fully saturated rings. The molecule has 0 bridgehead atoms. The van der Waals surface area contributed by atoms with E-state index < -0.39 is 0 Å². The molecule has 2 heterocycles. The first-order valence-corrected chi connectivity index (χ1v) is 7.18. The van der Waals surface area contributed by atoms with Crippen molar-refractivity contribution >= 4 is 21.6 Å². The van der Waals surface area contributed by atoms with E-state index in [0.717, 1.165) is 22.0 Å². The second-order valence-corrected chi connectivity index (χ2v) is 5.46. The normalized spacial score (nSPS) is 11.0. The number of aromatic nitrogens is 3. The van der Waals surface area contributed by atoms with Crippen LogP contribution >= 0.6 is 11.3 Å². The van der Waals surface area contributed by atoms with Crippen LogP contribution in [0.15, 0.2) is 67.0 Å². The summed E-state index contributed by atoms with van der Waals surface area (Å²) in [7, 11) is 0. The predicted molar refractivity (Wildman–Crippen MR) is 82.2 cm³/mol. The quantitative estimate of drug-likeness (QED) is 0.551. The van der Waals surface area contributed by atoms with Gasteiger partial charge in [-0.05, 0) is 12.1 Å². The monoisotopic (exact) mass is 277 g/mol. The van der Waals surface area contributed by atoms with Crippen LogP contribution in [-0.2, 0) is 0 Å². The molecule has 4 rings (SSSR count). The van der Waals surface area contributed by atoms with Crippen molar-refractivity contribution in [1.82, 2.24) is 14.5 Å². The number of fused-ring (bicyclic) bond motifs is 1. The topological polar surface area (TPSA) is 30.7 Å². The average molecular weight is 277 g/mol. The molecule has 0 aliphatic carbocycles. The molecule has 4 heteroatoms. The van der Waals surface area contributed by atoms with Gasteiger partial charge in [-0.15, -0.1) is 0 Å². The smallest absolute Gasteiger partial charge is 0.196 e. The summed E-state index contributed by atoms with van der Waals surface area (Å²) in [6, 6.07) is 18.4. The fourth-order valence-electron chi connectivity index (χ4n) is 2.22. The van der Waals surface area contributed by atoms with E-state index in [1.54, 1.807) is 11.3 Å². The third-order valence-electron chi connectivity index (χ3n) is 3.16. The van der Waals surface area contributed by atoms with Gasteiger partial charge in [-0.25, -0.2) is 9.97 Å². The highest BCUT2D eigenvalue weighted by Crippen LogP contribution is 2.28. The van der Waals surface area contributed by atoms with Gasteiger partial charge in [0.2, 0.25) is 0 Å². The molecular formula is C16H11N3S. The van der Waals surface area contributed by atoms with Crippen LogP contribution in [0, 0.1) is 0 Å². The van der Waals surface area contributed by atoms with Gasteiger partial charge in [0.25, 0.3) is 0 Å². The molecule has 96 valence electrons. The van der Waals surface area contributed by atoms with Crippen LogP contribution in [0.25, 0.3) is 26.7 Å². The molecule has 0 aliphatic heterocycles. The highest BCUT2D eigenvalue weighted by Gasteiger charge is 2.11. The molecule has 0 unspecified atom stereocenters. The molecular weight excluding hydrogens is 266 g/mol. The zero-order valence-electron chi connectivity index (χ0n) is 10.6.